The highest BCUT2D eigenvalue weighted by molar-refractivity contribution is 6.36. The number of pyridine rings is 2. The molecule has 7 nitrogen and oxygen atoms in total. The summed E-state index contributed by atoms with van der Waals surface area (Å²) in [6, 6.07) is 6.92. The number of halogens is 2. The van der Waals surface area contributed by atoms with Crippen molar-refractivity contribution in [3.63, 3.8) is 0 Å². The van der Waals surface area contributed by atoms with Crippen LogP contribution >= 0.6 is 23.2 Å². The Bertz CT molecular complexity index is 955. The van der Waals surface area contributed by atoms with Crippen LogP contribution in [0, 0.1) is 0 Å². The van der Waals surface area contributed by atoms with Crippen molar-refractivity contribution in [2.75, 3.05) is 31.1 Å². The number of hydrogen-bond acceptors (Lipinski definition) is 6. The predicted octanol–water partition coefficient (Wildman–Crippen LogP) is 3.40. The molecule has 3 aromatic heterocycles. The van der Waals surface area contributed by atoms with Gasteiger partial charge in [0.25, 0.3) is 5.91 Å². The van der Waals surface area contributed by atoms with Crippen molar-refractivity contribution in [3.05, 3.63) is 58.6 Å². The Balaban J connectivity index is 1.42. The fourth-order valence-corrected chi connectivity index (χ4v) is 3.45. The Morgan fingerprint density at radius 3 is 2.52 bits per heavy atom. The van der Waals surface area contributed by atoms with Crippen LogP contribution in [0.15, 0.2) is 47.4 Å². The standard InChI is InChI=1S/C18H15Cl2N5O2/c19-13-9-14(20)17(22-11-13)24-5-7-25(8-6-24)18(26)15-10-16(27-23-15)12-1-3-21-4-2-12/h1-4,9-11H,5-8H2. The minimum atomic E-state index is -0.158. The Kier molecular flexibility index (Phi) is 4.96. The molecule has 27 heavy (non-hydrogen) atoms. The number of rotatable bonds is 3. The molecule has 138 valence electrons. The van der Waals surface area contributed by atoms with Crippen molar-refractivity contribution in [3.8, 4) is 11.3 Å². The van der Waals surface area contributed by atoms with Crippen LogP contribution in [0.4, 0.5) is 5.82 Å². The molecule has 4 heterocycles. The van der Waals surface area contributed by atoms with E-state index in [1.54, 1.807) is 47.8 Å². The molecule has 1 aliphatic heterocycles. The van der Waals surface area contributed by atoms with Crippen LogP contribution in [0.3, 0.4) is 0 Å². The second kappa shape index (κ2) is 7.54. The molecular weight excluding hydrogens is 389 g/mol. The zero-order valence-electron chi connectivity index (χ0n) is 14.2. The Hall–Kier alpha value is -2.64. The number of carbonyl (C=O) groups excluding carboxylic acids is 1. The smallest absolute Gasteiger partial charge is 0.276 e. The first kappa shape index (κ1) is 17.8. The van der Waals surface area contributed by atoms with Crippen LogP contribution in [0.5, 0.6) is 0 Å². The maximum absolute atomic E-state index is 12.7. The van der Waals surface area contributed by atoms with Gasteiger partial charge in [-0.3, -0.25) is 9.78 Å². The summed E-state index contributed by atoms with van der Waals surface area (Å²) in [7, 11) is 0. The van der Waals surface area contributed by atoms with Gasteiger partial charge in [0.2, 0.25) is 0 Å². The van der Waals surface area contributed by atoms with Crippen LogP contribution in [0.25, 0.3) is 11.3 Å². The lowest BCUT2D eigenvalue weighted by molar-refractivity contribution is 0.0736. The maximum Gasteiger partial charge on any atom is 0.276 e. The third-order valence-corrected chi connectivity index (χ3v) is 4.83. The average Bonchev–Trinajstić information content (AvgIpc) is 3.19. The third kappa shape index (κ3) is 3.74. The lowest BCUT2D eigenvalue weighted by atomic mass is 10.2. The van der Waals surface area contributed by atoms with Crippen LogP contribution in [0.1, 0.15) is 10.5 Å². The van der Waals surface area contributed by atoms with Gasteiger partial charge in [-0.05, 0) is 18.2 Å². The average molecular weight is 404 g/mol. The molecular formula is C18H15Cl2N5O2. The first-order chi connectivity index (χ1) is 13.1. The van der Waals surface area contributed by atoms with Gasteiger partial charge in [-0.15, -0.1) is 0 Å². The summed E-state index contributed by atoms with van der Waals surface area (Å²) in [6.45, 7) is 2.32. The van der Waals surface area contributed by atoms with Crippen LogP contribution < -0.4 is 4.90 Å². The number of carbonyl (C=O) groups is 1. The summed E-state index contributed by atoms with van der Waals surface area (Å²) in [5.74, 6) is 1.06. The van der Waals surface area contributed by atoms with Gasteiger partial charge in [0.15, 0.2) is 11.5 Å². The molecule has 0 atom stereocenters. The first-order valence-corrected chi connectivity index (χ1v) is 9.10. The van der Waals surface area contributed by atoms with E-state index in [1.165, 1.54) is 0 Å². The fourth-order valence-electron chi connectivity index (χ4n) is 2.95. The third-order valence-electron chi connectivity index (χ3n) is 4.35. The molecule has 0 radical (unpaired) electrons. The van der Waals surface area contributed by atoms with Gasteiger partial charge in [0.1, 0.15) is 5.82 Å². The van der Waals surface area contributed by atoms with E-state index in [9.17, 15) is 4.79 Å². The predicted molar refractivity (Wildman–Crippen MR) is 102 cm³/mol. The molecule has 0 aliphatic carbocycles. The normalized spacial score (nSPS) is 14.4. The van der Waals surface area contributed by atoms with E-state index < -0.39 is 0 Å². The molecule has 1 aliphatic rings. The van der Waals surface area contributed by atoms with E-state index in [0.717, 1.165) is 5.56 Å². The van der Waals surface area contributed by atoms with E-state index in [0.29, 0.717) is 47.8 Å². The molecule has 0 saturated carbocycles. The van der Waals surface area contributed by atoms with Crippen molar-refractivity contribution in [1.29, 1.82) is 0 Å². The molecule has 0 aromatic carbocycles. The first-order valence-electron chi connectivity index (χ1n) is 8.34. The molecule has 3 aromatic rings. The number of anilines is 1. The summed E-state index contributed by atoms with van der Waals surface area (Å²) < 4.78 is 5.30. The minimum absolute atomic E-state index is 0.158. The summed E-state index contributed by atoms with van der Waals surface area (Å²) in [5.41, 5.74) is 1.11. The molecule has 0 unspecified atom stereocenters. The number of aromatic nitrogens is 3. The van der Waals surface area contributed by atoms with E-state index in [4.69, 9.17) is 27.7 Å². The molecule has 9 heteroatoms. The maximum atomic E-state index is 12.7. The summed E-state index contributed by atoms with van der Waals surface area (Å²) >= 11 is 12.1. The van der Waals surface area contributed by atoms with Gasteiger partial charge >= 0.3 is 0 Å². The summed E-state index contributed by atoms with van der Waals surface area (Å²) in [6.07, 6.45) is 4.89. The Morgan fingerprint density at radius 2 is 1.81 bits per heavy atom. The van der Waals surface area contributed by atoms with Gasteiger partial charge in [-0.1, -0.05) is 28.4 Å². The summed E-state index contributed by atoms with van der Waals surface area (Å²) in [4.78, 5) is 24.8. The molecule has 0 N–H and O–H groups in total. The number of piperazine rings is 1. The van der Waals surface area contributed by atoms with Crippen molar-refractivity contribution < 1.29 is 9.32 Å². The van der Waals surface area contributed by atoms with Gasteiger partial charge < -0.3 is 14.3 Å². The number of hydrogen-bond donors (Lipinski definition) is 0. The highest BCUT2D eigenvalue weighted by Gasteiger charge is 2.26. The van der Waals surface area contributed by atoms with Crippen molar-refractivity contribution in [1.82, 2.24) is 20.0 Å². The quantitative estimate of drug-likeness (QED) is 0.666. The topological polar surface area (TPSA) is 75.4 Å². The second-order valence-electron chi connectivity index (χ2n) is 6.05. The van der Waals surface area contributed by atoms with Gasteiger partial charge in [0, 0.05) is 56.4 Å². The molecule has 1 fully saturated rings. The fraction of sp³-hybridized carbons (Fsp3) is 0.222. The van der Waals surface area contributed by atoms with Gasteiger partial charge in [-0.2, -0.15) is 0 Å². The SMILES string of the molecule is O=C(c1cc(-c2ccncc2)on1)N1CCN(c2ncc(Cl)cc2Cl)CC1. The summed E-state index contributed by atoms with van der Waals surface area (Å²) in [5, 5.41) is 4.92. The second-order valence-corrected chi connectivity index (χ2v) is 6.89. The number of nitrogens with zero attached hydrogens (tertiary/aromatic N) is 5. The van der Waals surface area contributed by atoms with Gasteiger partial charge in [0.05, 0.1) is 10.0 Å². The lowest BCUT2D eigenvalue weighted by Gasteiger charge is -2.35. The molecule has 0 bridgehead atoms. The van der Waals surface area contributed by atoms with Crippen molar-refractivity contribution in [2.45, 2.75) is 0 Å². The number of amides is 1. The van der Waals surface area contributed by atoms with E-state index in [2.05, 4.69) is 15.1 Å². The molecule has 1 amide bonds. The molecule has 0 spiro atoms. The van der Waals surface area contributed by atoms with Crippen molar-refractivity contribution in [2.24, 2.45) is 0 Å². The van der Waals surface area contributed by atoms with E-state index in [1.807, 2.05) is 4.90 Å². The van der Waals surface area contributed by atoms with E-state index in [-0.39, 0.29) is 11.6 Å². The molecule has 4 rings (SSSR count). The van der Waals surface area contributed by atoms with E-state index >= 15 is 0 Å². The van der Waals surface area contributed by atoms with Crippen LogP contribution in [-0.4, -0.2) is 52.1 Å². The molecule has 1 saturated heterocycles. The van der Waals surface area contributed by atoms with Crippen LogP contribution in [0.2, 0.25) is 10.0 Å². The highest BCUT2D eigenvalue weighted by atomic mass is 35.5. The Labute approximate surface area is 165 Å². The van der Waals surface area contributed by atoms with Gasteiger partial charge in [-0.25, -0.2) is 4.98 Å². The lowest BCUT2D eigenvalue weighted by Crippen LogP contribution is -2.49. The zero-order chi connectivity index (χ0) is 18.8. The monoisotopic (exact) mass is 403 g/mol. The Morgan fingerprint density at radius 1 is 1.07 bits per heavy atom. The highest BCUT2D eigenvalue weighted by Crippen LogP contribution is 2.27. The largest absolute Gasteiger partial charge is 0.355 e. The van der Waals surface area contributed by atoms with Crippen molar-refractivity contribution >= 4 is 34.9 Å². The van der Waals surface area contributed by atoms with Crippen LogP contribution in [-0.2, 0) is 0 Å². The minimum Gasteiger partial charge on any atom is -0.355 e. The zero-order valence-corrected chi connectivity index (χ0v) is 15.7.